The monoisotopic (exact) mass is 125 g/mol. The average Bonchev–Trinajstić information content (AvgIpc) is 1.77. The van der Waals surface area contributed by atoms with Crippen LogP contribution in [-0.4, -0.2) is 17.5 Å². The molecule has 42 valence electrons. The molecular weight excluding hydrogens is 117 g/mol. The van der Waals surface area contributed by atoms with Crippen LogP contribution >= 0.6 is 7.17 Å². The number of hydrogen-bond donors (Lipinski definition) is 0. The lowest BCUT2D eigenvalue weighted by Gasteiger charge is -1.93. The Morgan fingerprint density at radius 2 is 2.50 bits per heavy atom. The number of rotatable bonds is 0. The van der Waals surface area contributed by atoms with Crippen molar-refractivity contribution in [2.75, 3.05) is 0 Å². The lowest BCUT2D eigenvalue weighted by Crippen LogP contribution is -1.81. The van der Waals surface area contributed by atoms with E-state index in [0.29, 0.717) is 0 Å². The third-order valence-corrected chi connectivity index (χ3v) is 2.51. The summed E-state index contributed by atoms with van der Waals surface area (Å²) in [4.78, 5) is 4.08. The summed E-state index contributed by atoms with van der Waals surface area (Å²) in [6.07, 6.45) is 7.66. The molecule has 1 aliphatic rings. The Hall–Kier alpha value is -0.550. The molecule has 1 heterocycles. The number of allylic oxidation sites excluding steroid dienone is 1. The molecule has 0 bridgehead atoms. The van der Waals surface area contributed by atoms with Gasteiger partial charge in [-0.15, -0.1) is 0 Å². The quantitative estimate of drug-likeness (QED) is 0.436. The molecule has 0 N–H and O–H groups in total. The third kappa shape index (κ3) is 0.988. The van der Waals surface area contributed by atoms with Crippen LogP contribution in [0.25, 0.3) is 0 Å². The minimum atomic E-state index is -0.265. The molecule has 1 unspecified atom stereocenters. The van der Waals surface area contributed by atoms with E-state index in [2.05, 4.69) is 17.1 Å². The minimum Gasteiger partial charge on any atom is -0.257 e. The van der Waals surface area contributed by atoms with Gasteiger partial charge >= 0.3 is 0 Å². The van der Waals surface area contributed by atoms with E-state index in [4.69, 9.17) is 0 Å². The molecule has 0 aromatic rings. The highest BCUT2D eigenvalue weighted by atomic mass is 31.1. The summed E-state index contributed by atoms with van der Waals surface area (Å²) in [5, 5.41) is 0. The number of aliphatic imine (C=N–C) groups is 1. The first-order valence-corrected chi connectivity index (χ1v) is 4.04. The average molecular weight is 125 g/mol. The van der Waals surface area contributed by atoms with Gasteiger partial charge in [-0.25, -0.2) is 0 Å². The standard InChI is InChI=1S/C6H8NP/c1-6-7-4-3-5-8(6)2/h3-5H,2H2,1H3. The maximum Gasteiger partial charge on any atom is 0.0593 e. The van der Waals surface area contributed by atoms with Crippen molar-refractivity contribution >= 4 is 24.7 Å². The van der Waals surface area contributed by atoms with E-state index in [0.717, 1.165) is 5.45 Å². The maximum absolute atomic E-state index is 4.08. The van der Waals surface area contributed by atoms with Gasteiger partial charge in [0.2, 0.25) is 0 Å². The zero-order valence-electron chi connectivity index (χ0n) is 4.83. The van der Waals surface area contributed by atoms with E-state index in [9.17, 15) is 0 Å². The highest BCUT2D eigenvalue weighted by Crippen LogP contribution is 2.10. The highest BCUT2D eigenvalue weighted by molar-refractivity contribution is 7.72. The zero-order valence-corrected chi connectivity index (χ0v) is 5.73. The molecule has 0 fully saturated rings. The molecule has 0 aromatic carbocycles. The Balaban J connectivity index is 3.11. The van der Waals surface area contributed by atoms with E-state index in [1.54, 1.807) is 6.20 Å². The molecule has 1 aliphatic heterocycles. The van der Waals surface area contributed by atoms with Crippen molar-refractivity contribution in [3.05, 3.63) is 12.3 Å². The van der Waals surface area contributed by atoms with Crippen LogP contribution in [0.15, 0.2) is 17.3 Å². The van der Waals surface area contributed by atoms with Crippen molar-refractivity contribution in [3.63, 3.8) is 0 Å². The topological polar surface area (TPSA) is 12.4 Å². The molecule has 0 saturated carbocycles. The second-order valence-corrected chi connectivity index (χ2v) is 3.52. The molecule has 1 atom stereocenters. The van der Waals surface area contributed by atoms with E-state index >= 15 is 0 Å². The zero-order chi connectivity index (χ0) is 5.98. The van der Waals surface area contributed by atoms with Gasteiger partial charge in [0.1, 0.15) is 0 Å². The lowest BCUT2D eigenvalue weighted by atomic mass is 10.7. The number of hydrogen-bond acceptors (Lipinski definition) is 1. The smallest absolute Gasteiger partial charge is 0.0593 e. The van der Waals surface area contributed by atoms with Crippen molar-refractivity contribution in [3.8, 4) is 0 Å². The van der Waals surface area contributed by atoms with Gasteiger partial charge in [-0.3, -0.25) is 4.99 Å². The van der Waals surface area contributed by atoms with Gasteiger partial charge in [-0.2, -0.15) is 0 Å². The summed E-state index contributed by atoms with van der Waals surface area (Å²) < 4.78 is 0. The van der Waals surface area contributed by atoms with Crippen molar-refractivity contribution < 1.29 is 0 Å². The van der Waals surface area contributed by atoms with Gasteiger partial charge in [0, 0.05) is 6.20 Å². The van der Waals surface area contributed by atoms with Crippen LogP contribution in [0.2, 0.25) is 0 Å². The summed E-state index contributed by atoms with van der Waals surface area (Å²) in [6, 6.07) is 0. The van der Waals surface area contributed by atoms with Crippen LogP contribution in [0, 0.1) is 0 Å². The van der Waals surface area contributed by atoms with Crippen LogP contribution in [-0.2, 0) is 0 Å². The largest absolute Gasteiger partial charge is 0.257 e. The highest BCUT2D eigenvalue weighted by Gasteiger charge is 1.85. The van der Waals surface area contributed by atoms with Gasteiger partial charge < -0.3 is 0 Å². The summed E-state index contributed by atoms with van der Waals surface area (Å²) in [7, 11) is -0.265. The predicted octanol–water partition coefficient (Wildman–Crippen LogP) is 1.65. The van der Waals surface area contributed by atoms with Crippen molar-refractivity contribution in [1.29, 1.82) is 0 Å². The van der Waals surface area contributed by atoms with Crippen LogP contribution < -0.4 is 0 Å². The normalized spacial score (nSPS) is 22.1. The summed E-state index contributed by atoms with van der Waals surface area (Å²) in [5.74, 6) is 2.09. The third-order valence-electron chi connectivity index (χ3n) is 1.03. The Bertz CT molecular complexity index is 217. The molecule has 0 amide bonds. The molecule has 0 saturated heterocycles. The lowest BCUT2D eigenvalue weighted by molar-refractivity contribution is 1.58. The van der Waals surface area contributed by atoms with Gasteiger partial charge in [0.05, 0.1) is 5.45 Å². The Labute approximate surface area is 49.8 Å². The molecule has 1 rings (SSSR count). The molecule has 8 heavy (non-hydrogen) atoms. The fourth-order valence-corrected chi connectivity index (χ4v) is 1.19. The molecule has 2 heteroatoms. The van der Waals surface area contributed by atoms with Crippen LogP contribution in [0.5, 0.6) is 0 Å². The second kappa shape index (κ2) is 2.15. The second-order valence-electron chi connectivity index (χ2n) is 1.64. The maximum atomic E-state index is 4.08. The number of nitrogens with zero attached hydrogens (tertiary/aromatic N) is 1. The van der Waals surface area contributed by atoms with Gasteiger partial charge in [-0.05, 0) is 18.8 Å². The molecule has 0 aliphatic carbocycles. The molecule has 0 radical (unpaired) electrons. The molecule has 0 aromatic heterocycles. The molecule has 0 spiro atoms. The van der Waals surface area contributed by atoms with Gasteiger partial charge in [0.15, 0.2) is 0 Å². The first-order valence-electron chi connectivity index (χ1n) is 2.45. The summed E-state index contributed by atoms with van der Waals surface area (Å²) in [6.45, 7) is 2.01. The Morgan fingerprint density at radius 1 is 1.75 bits per heavy atom. The fourth-order valence-electron chi connectivity index (χ4n) is 0.475. The van der Waals surface area contributed by atoms with Gasteiger partial charge in [-0.1, -0.05) is 13.5 Å². The van der Waals surface area contributed by atoms with Gasteiger partial charge in [0.25, 0.3) is 0 Å². The fraction of sp³-hybridized carbons (Fsp3) is 0.167. The van der Waals surface area contributed by atoms with E-state index in [-0.39, 0.29) is 7.17 Å². The Kier molecular flexibility index (Phi) is 1.50. The van der Waals surface area contributed by atoms with Crippen molar-refractivity contribution in [2.24, 2.45) is 4.99 Å². The molecule has 1 nitrogen and oxygen atoms in total. The van der Waals surface area contributed by atoms with Crippen LogP contribution in [0.1, 0.15) is 6.92 Å². The first-order chi connectivity index (χ1) is 3.80. The van der Waals surface area contributed by atoms with Crippen molar-refractivity contribution in [1.82, 2.24) is 0 Å². The van der Waals surface area contributed by atoms with Crippen LogP contribution in [0.4, 0.5) is 0 Å². The van der Waals surface area contributed by atoms with E-state index in [1.807, 2.05) is 13.0 Å². The molecular formula is C6H8NP. The summed E-state index contributed by atoms with van der Waals surface area (Å²) >= 11 is 0. The summed E-state index contributed by atoms with van der Waals surface area (Å²) in [5.41, 5.74) is 1.16. The first kappa shape index (κ1) is 5.58. The van der Waals surface area contributed by atoms with Crippen LogP contribution in [0.3, 0.4) is 0 Å². The van der Waals surface area contributed by atoms with E-state index in [1.165, 1.54) is 0 Å². The van der Waals surface area contributed by atoms with Crippen molar-refractivity contribution in [2.45, 2.75) is 6.92 Å². The SMILES string of the molecule is C=P1=CC=CN=C1C. The Morgan fingerprint density at radius 3 is 2.88 bits per heavy atom. The predicted molar refractivity (Wildman–Crippen MR) is 42.4 cm³/mol. The van der Waals surface area contributed by atoms with E-state index < -0.39 is 0 Å². The minimum absolute atomic E-state index is 0.265.